The summed E-state index contributed by atoms with van der Waals surface area (Å²) in [6, 6.07) is 0.0241. The molecule has 0 aromatic rings. The molecule has 0 saturated heterocycles. The standard InChI is InChI=1S/C10H9N/c1-3-8-11-9-6-5-7-10(11)4-2/h1-2,5-7,9-10H,8H2. The van der Waals surface area contributed by atoms with Gasteiger partial charge in [0.05, 0.1) is 6.54 Å². The molecule has 1 aliphatic rings. The highest BCUT2D eigenvalue weighted by molar-refractivity contribution is 5.22. The van der Waals surface area contributed by atoms with E-state index < -0.39 is 0 Å². The number of hydrogen-bond acceptors (Lipinski definition) is 1. The lowest BCUT2D eigenvalue weighted by atomic mass is 10.2. The first-order valence-electron chi connectivity index (χ1n) is 3.39. The van der Waals surface area contributed by atoms with Crippen molar-refractivity contribution in [3.63, 3.8) is 0 Å². The van der Waals surface area contributed by atoms with Crippen LogP contribution >= 0.6 is 0 Å². The summed E-state index contributed by atoms with van der Waals surface area (Å²) in [5.74, 6) is 5.18. The molecule has 0 fully saturated rings. The van der Waals surface area contributed by atoms with Crippen LogP contribution in [0, 0.1) is 24.7 Å². The molecule has 0 aromatic heterocycles. The van der Waals surface area contributed by atoms with Crippen LogP contribution < -0.4 is 0 Å². The smallest absolute Gasteiger partial charge is 0.109 e. The maximum absolute atomic E-state index is 5.28. The van der Waals surface area contributed by atoms with Crippen molar-refractivity contribution < 1.29 is 0 Å². The first-order chi connectivity index (χ1) is 5.38. The van der Waals surface area contributed by atoms with Gasteiger partial charge >= 0.3 is 0 Å². The highest BCUT2D eigenvalue weighted by Gasteiger charge is 2.08. The number of nitrogens with zero attached hydrogens (tertiary/aromatic N) is 1. The Labute approximate surface area is 67.4 Å². The average Bonchev–Trinajstić information content (AvgIpc) is 2.06. The SMILES string of the molecule is C#CCN1C=CC=CC1C#C. The third-order valence-electron chi connectivity index (χ3n) is 1.48. The zero-order valence-corrected chi connectivity index (χ0v) is 6.20. The molecule has 1 nitrogen and oxygen atoms in total. The third kappa shape index (κ3) is 1.66. The van der Waals surface area contributed by atoms with Crippen LogP contribution in [0.5, 0.6) is 0 Å². The van der Waals surface area contributed by atoms with Crippen molar-refractivity contribution in [2.45, 2.75) is 6.04 Å². The normalized spacial score (nSPS) is 20.9. The molecule has 1 aliphatic heterocycles. The van der Waals surface area contributed by atoms with E-state index in [-0.39, 0.29) is 6.04 Å². The maximum atomic E-state index is 5.28. The minimum absolute atomic E-state index is 0.0241. The lowest BCUT2D eigenvalue weighted by Gasteiger charge is -2.23. The third-order valence-corrected chi connectivity index (χ3v) is 1.48. The molecule has 0 aromatic carbocycles. The molecule has 0 saturated carbocycles. The van der Waals surface area contributed by atoms with Gasteiger partial charge in [-0.25, -0.2) is 0 Å². The Kier molecular flexibility index (Phi) is 2.42. The van der Waals surface area contributed by atoms with Crippen molar-refractivity contribution in [1.82, 2.24) is 4.90 Å². The summed E-state index contributed by atoms with van der Waals surface area (Å²) in [6.45, 7) is 0.565. The molecule has 1 rings (SSSR count). The molecule has 0 bridgehead atoms. The van der Waals surface area contributed by atoms with Gasteiger partial charge < -0.3 is 4.90 Å². The Hall–Kier alpha value is -1.60. The van der Waals surface area contributed by atoms with Crippen LogP contribution in [0.3, 0.4) is 0 Å². The van der Waals surface area contributed by atoms with E-state index in [0.29, 0.717) is 6.54 Å². The molecule has 54 valence electrons. The lowest BCUT2D eigenvalue weighted by Crippen LogP contribution is -2.29. The van der Waals surface area contributed by atoms with Gasteiger partial charge in [0.2, 0.25) is 0 Å². The van der Waals surface area contributed by atoms with Gasteiger partial charge in [-0.05, 0) is 12.2 Å². The van der Waals surface area contributed by atoms with Gasteiger partial charge in [0.25, 0.3) is 0 Å². The van der Waals surface area contributed by atoms with Gasteiger partial charge in [0, 0.05) is 6.20 Å². The molecule has 1 heterocycles. The Morgan fingerprint density at radius 2 is 2.18 bits per heavy atom. The van der Waals surface area contributed by atoms with Crippen LogP contribution in [-0.2, 0) is 0 Å². The van der Waals surface area contributed by atoms with Crippen molar-refractivity contribution in [3.8, 4) is 24.7 Å². The van der Waals surface area contributed by atoms with E-state index in [1.165, 1.54) is 0 Å². The van der Waals surface area contributed by atoms with Gasteiger partial charge in [-0.1, -0.05) is 17.9 Å². The highest BCUT2D eigenvalue weighted by Crippen LogP contribution is 2.05. The Morgan fingerprint density at radius 1 is 1.36 bits per heavy atom. The molecule has 0 radical (unpaired) electrons. The number of rotatable bonds is 1. The minimum Gasteiger partial charge on any atom is -0.349 e. The average molecular weight is 143 g/mol. The first-order valence-corrected chi connectivity index (χ1v) is 3.39. The van der Waals surface area contributed by atoms with Crippen LogP contribution in [-0.4, -0.2) is 17.5 Å². The van der Waals surface area contributed by atoms with Crippen LogP contribution in [0.1, 0.15) is 0 Å². The Morgan fingerprint density at radius 3 is 2.82 bits per heavy atom. The maximum Gasteiger partial charge on any atom is 0.109 e. The molecule has 0 N–H and O–H groups in total. The highest BCUT2D eigenvalue weighted by atomic mass is 15.1. The molecule has 11 heavy (non-hydrogen) atoms. The van der Waals surface area contributed by atoms with Crippen LogP contribution in [0.4, 0.5) is 0 Å². The summed E-state index contributed by atoms with van der Waals surface area (Å²) in [5.41, 5.74) is 0. The van der Waals surface area contributed by atoms with Crippen molar-refractivity contribution in [2.75, 3.05) is 6.54 Å². The fourth-order valence-electron chi connectivity index (χ4n) is 0.941. The van der Waals surface area contributed by atoms with Gasteiger partial charge in [-0.2, -0.15) is 0 Å². The fraction of sp³-hybridized carbons (Fsp3) is 0.200. The zero-order chi connectivity index (χ0) is 8.10. The molecule has 1 atom stereocenters. The van der Waals surface area contributed by atoms with E-state index in [1.54, 1.807) is 0 Å². The lowest BCUT2D eigenvalue weighted by molar-refractivity contribution is 0.409. The summed E-state index contributed by atoms with van der Waals surface area (Å²) < 4.78 is 0. The molecule has 0 aliphatic carbocycles. The Bertz CT molecular complexity index is 260. The van der Waals surface area contributed by atoms with Gasteiger partial charge in [0.1, 0.15) is 6.04 Å². The predicted octanol–water partition coefficient (Wildman–Crippen LogP) is 1.01. The molecule has 1 heteroatoms. The summed E-state index contributed by atoms with van der Waals surface area (Å²) >= 11 is 0. The van der Waals surface area contributed by atoms with Gasteiger partial charge in [-0.3, -0.25) is 0 Å². The van der Waals surface area contributed by atoms with Crippen molar-refractivity contribution in [2.24, 2.45) is 0 Å². The molecular weight excluding hydrogens is 134 g/mol. The van der Waals surface area contributed by atoms with E-state index in [4.69, 9.17) is 12.8 Å². The quantitative estimate of drug-likeness (QED) is 0.495. The summed E-state index contributed by atoms with van der Waals surface area (Å²) in [4.78, 5) is 1.93. The van der Waals surface area contributed by atoms with Crippen LogP contribution in [0.2, 0.25) is 0 Å². The van der Waals surface area contributed by atoms with Crippen molar-refractivity contribution in [3.05, 3.63) is 24.4 Å². The van der Waals surface area contributed by atoms with Crippen molar-refractivity contribution in [1.29, 1.82) is 0 Å². The fourth-order valence-corrected chi connectivity index (χ4v) is 0.941. The number of allylic oxidation sites excluding steroid dienone is 2. The van der Waals surface area contributed by atoms with Crippen LogP contribution in [0.15, 0.2) is 24.4 Å². The summed E-state index contributed by atoms with van der Waals surface area (Å²) in [5, 5.41) is 0. The second-order valence-electron chi connectivity index (χ2n) is 2.21. The first kappa shape index (κ1) is 7.51. The zero-order valence-electron chi connectivity index (χ0n) is 6.20. The molecule has 1 unspecified atom stereocenters. The van der Waals surface area contributed by atoms with E-state index in [0.717, 1.165) is 0 Å². The van der Waals surface area contributed by atoms with E-state index in [1.807, 2.05) is 29.3 Å². The topological polar surface area (TPSA) is 3.24 Å². The second-order valence-corrected chi connectivity index (χ2v) is 2.21. The van der Waals surface area contributed by atoms with E-state index in [2.05, 4.69) is 11.8 Å². The second kappa shape index (κ2) is 3.54. The van der Waals surface area contributed by atoms with E-state index in [9.17, 15) is 0 Å². The minimum atomic E-state index is 0.0241. The molecule has 0 amide bonds. The Balaban J connectivity index is 2.66. The molecular formula is C10H9N. The number of hydrogen-bond donors (Lipinski definition) is 0. The van der Waals surface area contributed by atoms with Gasteiger partial charge in [0.15, 0.2) is 0 Å². The predicted molar refractivity (Wildman–Crippen MR) is 46.4 cm³/mol. The summed E-state index contributed by atoms with van der Waals surface area (Å²) in [7, 11) is 0. The van der Waals surface area contributed by atoms with Gasteiger partial charge in [-0.15, -0.1) is 12.8 Å². The van der Waals surface area contributed by atoms with Crippen LogP contribution in [0.25, 0.3) is 0 Å². The molecule has 0 spiro atoms. The van der Waals surface area contributed by atoms with Crippen molar-refractivity contribution >= 4 is 0 Å². The largest absolute Gasteiger partial charge is 0.349 e. The number of terminal acetylenes is 2. The van der Waals surface area contributed by atoms with E-state index >= 15 is 0 Å². The monoisotopic (exact) mass is 143 g/mol. The summed E-state index contributed by atoms with van der Waals surface area (Å²) in [6.07, 6.45) is 18.1.